The summed E-state index contributed by atoms with van der Waals surface area (Å²) in [5.74, 6) is 0.834. The number of fused-ring (bicyclic) bond motifs is 1. The third kappa shape index (κ3) is 2.50. The van der Waals surface area contributed by atoms with Gasteiger partial charge < -0.3 is 4.98 Å². The van der Waals surface area contributed by atoms with Crippen molar-refractivity contribution in [2.75, 3.05) is 0 Å². The quantitative estimate of drug-likeness (QED) is 0.781. The van der Waals surface area contributed by atoms with Crippen LogP contribution in [0.15, 0.2) is 16.7 Å². The molecule has 2 aromatic rings. The second kappa shape index (κ2) is 5.37. The van der Waals surface area contributed by atoms with E-state index in [0.717, 1.165) is 26.3 Å². The van der Waals surface area contributed by atoms with Crippen molar-refractivity contribution in [3.8, 4) is 0 Å². The molecule has 1 aliphatic rings. The average molecular weight is 340 g/mol. The Morgan fingerprint density at radius 2 is 2.37 bits per heavy atom. The van der Waals surface area contributed by atoms with E-state index in [0.29, 0.717) is 6.04 Å². The largest absolute Gasteiger partial charge is 0.329 e. The average Bonchev–Trinajstić information content (AvgIpc) is 2.73. The Morgan fingerprint density at radius 1 is 1.53 bits per heavy atom. The number of rotatable bonds is 2. The Kier molecular flexibility index (Phi) is 3.76. The summed E-state index contributed by atoms with van der Waals surface area (Å²) in [6.07, 6.45) is 8.23. The SMILES string of the molecule is CCC1CCCC(n2c(=S)[nH]c3cc(Br)cnc32)C1. The summed E-state index contributed by atoms with van der Waals surface area (Å²) >= 11 is 8.96. The second-order valence-corrected chi connectivity index (χ2v) is 6.72. The van der Waals surface area contributed by atoms with Crippen molar-refractivity contribution in [3.63, 3.8) is 0 Å². The van der Waals surface area contributed by atoms with Gasteiger partial charge in [-0.3, -0.25) is 4.57 Å². The molecular weight excluding hydrogens is 322 g/mol. The van der Waals surface area contributed by atoms with Crippen LogP contribution < -0.4 is 0 Å². The number of aromatic amines is 1. The van der Waals surface area contributed by atoms with Gasteiger partial charge in [0.1, 0.15) is 0 Å². The van der Waals surface area contributed by atoms with Gasteiger partial charge in [0.15, 0.2) is 10.4 Å². The lowest BCUT2D eigenvalue weighted by molar-refractivity contribution is 0.263. The zero-order valence-electron chi connectivity index (χ0n) is 11.0. The zero-order valence-corrected chi connectivity index (χ0v) is 13.4. The number of imidazole rings is 1. The molecule has 2 atom stereocenters. The van der Waals surface area contributed by atoms with Crippen LogP contribution in [-0.2, 0) is 0 Å². The van der Waals surface area contributed by atoms with E-state index in [-0.39, 0.29) is 0 Å². The molecule has 2 aromatic heterocycles. The molecule has 0 bridgehead atoms. The van der Waals surface area contributed by atoms with Crippen LogP contribution in [0.3, 0.4) is 0 Å². The number of aromatic nitrogens is 3. The van der Waals surface area contributed by atoms with Gasteiger partial charge in [-0.25, -0.2) is 4.98 Å². The molecule has 102 valence electrons. The van der Waals surface area contributed by atoms with Crippen LogP contribution in [0, 0.1) is 10.7 Å². The molecule has 1 N–H and O–H groups in total. The Bertz CT molecular complexity index is 646. The van der Waals surface area contributed by atoms with Gasteiger partial charge in [-0.2, -0.15) is 0 Å². The van der Waals surface area contributed by atoms with Crippen molar-refractivity contribution in [3.05, 3.63) is 21.5 Å². The van der Waals surface area contributed by atoms with Crippen molar-refractivity contribution in [2.24, 2.45) is 5.92 Å². The van der Waals surface area contributed by atoms with Gasteiger partial charge in [0.25, 0.3) is 0 Å². The molecule has 3 rings (SSSR count). The maximum atomic E-state index is 5.50. The predicted molar refractivity (Wildman–Crippen MR) is 83.9 cm³/mol. The molecule has 0 aliphatic heterocycles. The molecule has 0 radical (unpaired) electrons. The highest BCUT2D eigenvalue weighted by Gasteiger charge is 2.24. The monoisotopic (exact) mass is 339 g/mol. The topological polar surface area (TPSA) is 33.6 Å². The van der Waals surface area contributed by atoms with Crippen molar-refractivity contribution >= 4 is 39.3 Å². The van der Waals surface area contributed by atoms with Gasteiger partial charge in [-0.1, -0.05) is 26.2 Å². The minimum Gasteiger partial charge on any atom is -0.329 e. The molecule has 1 saturated carbocycles. The Morgan fingerprint density at radius 3 is 3.16 bits per heavy atom. The second-order valence-electron chi connectivity index (χ2n) is 5.42. The molecule has 0 saturated heterocycles. The van der Waals surface area contributed by atoms with E-state index in [9.17, 15) is 0 Å². The molecular formula is C14H18BrN3S. The van der Waals surface area contributed by atoms with Crippen molar-refractivity contribution < 1.29 is 0 Å². The van der Waals surface area contributed by atoms with Gasteiger partial charge in [0.05, 0.1) is 5.52 Å². The molecule has 3 nitrogen and oxygen atoms in total. The van der Waals surface area contributed by atoms with Crippen molar-refractivity contribution in [1.29, 1.82) is 0 Å². The molecule has 5 heteroatoms. The van der Waals surface area contributed by atoms with Crippen LogP contribution in [0.4, 0.5) is 0 Å². The van der Waals surface area contributed by atoms with E-state index in [2.05, 4.69) is 43.5 Å². The smallest absolute Gasteiger partial charge is 0.179 e. The maximum Gasteiger partial charge on any atom is 0.179 e. The molecule has 19 heavy (non-hydrogen) atoms. The van der Waals surface area contributed by atoms with Crippen molar-refractivity contribution in [2.45, 2.75) is 45.1 Å². The summed E-state index contributed by atoms with van der Waals surface area (Å²) in [6, 6.07) is 2.56. The third-order valence-corrected chi connectivity index (χ3v) is 4.95. The zero-order chi connectivity index (χ0) is 13.4. The number of pyridine rings is 1. The van der Waals surface area contributed by atoms with Gasteiger partial charge >= 0.3 is 0 Å². The normalized spacial score (nSPS) is 23.9. The number of hydrogen-bond donors (Lipinski definition) is 1. The highest BCUT2D eigenvalue weighted by atomic mass is 79.9. The highest BCUT2D eigenvalue weighted by molar-refractivity contribution is 9.10. The molecule has 2 unspecified atom stereocenters. The Labute approximate surface area is 126 Å². The van der Waals surface area contributed by atoms with E-state index >= 15 is 0 Å². The fraction of sp³-hybridized carbons (Fsp3) is 0.571. The fourth-order valence-electron chi connectivity index (χ4n) is 3.19. The fourth-order valence-corrected chi connectivity index (χ4v) is 3.87. The van der Waals surface area contributed by atoms with Gasteiger partial charge in [-0.15, -0.1) is 0 Å². The summed E-state index contributed by atoms with van der Waals surface area (Å²) in [6.45, 7) is 2.29. The molecule has 1 fully saturated rings. The van der Waals surface area contributed by atoms with Crippen LogP contribution in [-0.4, -0.2) is 14.5 Å². The lowest BCUT2D eigenvalue weighted by Crippen LogP contribution is -2.19. The third-order valence-electron chi connectivity index (χ3n) is 4.22. The van der Waals surface area contributed by atoms with Crippen LogP contribution in [0.5, 0.6) is 0 Å². The number of hydrogen-bond acceptors (Lipinski definition) is 2. The molecule has 1 aliphatic carbocycles. The first kappa shape index (κ1) is 13.3. The number of halogens is 1. The van der Waals surface area contributed by atoms with Crippen LogP contribution in [0.2, 0.25) is 0 Å². The van der Waals surface area contributed by atoms with E-state index in [1.807, 2.05) is 6.20 Å². The van der Waals surface area contributed by atoms with Crippen molar-refractivity contribution in [1.82, 2.24) is 14.5 Å². The minimum absolute atomic E-state index is 0.508. The summed E-state index contributed by atoms with van der Waals surface area (Å²) < 4.78 is 4.03. The van der Waals surface area contributed by atoms with Gasteiger partial charge in [0.2, 0.25) is 0 Å². The summed E-state index contributed by atoms with van der Waals surface area (Å²) in [4.78, 5) is 7.83. The van der Waals surface area contributed by atoms with Crippen LogP contribution in [0.25, 0.3) is 11.2 Å². The van der Waals surface area contributed by atoms with E-state index in [1.165, 1.54) is 32.1 Å². The predicted octanol–water partition coefficient (Wildman–Crippen LogP) is 5.00. The van der Waals surface area contributed by atoms with E-state index in [4.69, 9.17) is 12.2 Å². The van der Waals surface area contributed by atoms with Crippen LogP contribution >= 0.6 is 28.1 Å². The molecule has 0 aromatic carbocycles. The first-order chi connectivity index (χ1) is 9.19. The number of H-pyrrole nitrogens is 1. The summed E-state index contributed by atoms with van der Waals surface area (Å²) in [5.41, 5.74) is 2.02. The maximum absolute atomic E-state index is 5.50. The first-order valence-corrected chi connectivity index (χ1v) is 8.15. The van der Waals surface area contributed by atoms with E-state index < -0.39 is 0 Å². The molecule has 0 spiro atoms. The Hall–Kier alpha value is -0.680. The lowest BCUT2D eigenvalue weighted by Gasteiger charge is -2.29. The minimum atomic E-state index is 0.508. The van der Waals surface area contributed by atoms with Crippen LogP contribution in [0.1, 0.15) is 45.1 Å². The van der Waals surface area contributed by atoms with E-state index in [1.54, 1.807) is 0 Å². The highest BCUT2D eigenvalue weighted by Crippen LogP contribution is 2.36. The standard InChI is InChI=1S/C14H18BrN3S/c1-2-9-4-3-5-11(6-9)18-13-12(17-14(18)19)7-10(15)8-16-13/h7-9,11H,2-6H2,1H3,(H,17,19). The first-order valence-electron chi connectivity index (χ1n) is 6.94. The number of nitrogens with zero attached hydrogens (tertiary/aromatic N) is 2. The summed E-state index contributed by atoms with van der Waals surface area (Å²) in [7, 11) is 0. The summed E-state index contributed by atoms with van der Waals surface area (Å²) in [5, 5.41) is 0. The van der Waals surface area contributed by atoms with Gasteiger partial charge in [0, 0.05) is 16.7 Å². The number of nitrogens with one attached hydrogen (secondary N) is 1. The lowest BCUT2D eigenvalue weighted by atomic mass is 9.84. The molecule has 0 amide bonds. The Balaban J connectivity index is 2.04. The molecule has 2 heterocycles. The van der Waals surface area contributed by atoms with Gasteiger partial charge in [-0.05, 0) is 53.0 Å².